The van der Waals surface area contributed by atoms with Crippen molar-refractivity contribution in [3.63, 3.8) is 0 Å². The highest BCUT2D eigenvalue weighted by molar-refractivity contribution is 5.89. The monoisotopic (exact) mass is 237 g/mol. The van der Waals surface area contributed by atoms with E-state index in [4.69, 9.17) is 5.11 Å². The van der Waals surface area contributed by atoms with Gasteiger partial charge in [0.15, 0.2) is 0 Å². The fourth-order valence-corrected chi connectivity index (χ4v) is 1.21. The van der Waals surface area contributed by atoms with Crippen molar-refractivity contribution in [1.29, 1.82) is 0 Å². The van der Waals surface area contributed by atoms with Gasteiger partial charge in [-0.1, -0.05) is 0 Å². The summed E-state index contributed by atoms with van der Waals surface area (Å²) in [6, 6.07) is 3.01. The molecule has 17 heavy (non-hydrogen) atoms. The molecule has 6 heteroatoms. The Morgan fingerprint density at radius 3 is 2.53 bits per heavy atom. The van der Waals surface area contributed by atoms with Gasteiger partial charge in [0, 0.05) is 14.1 Å². The SMILES string of the molecule is Cc1nc(NCC(=O)N(C)C)ccc1C(=O)O. The second-order valence-corrected chi connectivity index (χ2v) is 3.78. The van der Waals surface area contributed by atoms with Gasteiger partial charge < -0.3 is 15.3 Å². The molecule has 0 spiro atoms. The van der Waals surface area contributed by atoms with E-state index in [2.05, 4.69) is 10.3 Å². The van der Waals surface area contributed by atoms with Gasteiger partial charge in [0.05, 0.1) is 17.8 Å². The molecule has 0 atom stereocenters. The van der Waals surface area contributed by atoms with Gasteiger partial charge in [0.1, 0.15) is 5.82 Å². The van der Waals surface area contributed by atoms with Gasteiger partial charge in [0.2, 0.25) is 5.91 Å². The van der Waals surface area contributed by atoms with Crippen LogP contribution in [0.2, 0.25) is 0 Å². The number of carbonyl (C=O) groups excluding carboxylic acids is 1. The Morgan fingerprint density at radius 2 is 2.06 bits per heavy atom. The largest absolute Gasteiger partial charge is 0.478 e. The topological polar surface area (TPSA) is 82.5 Å². The van der Waals surface area contributed by atoms with Gasteiger partial charge in [-0.05, 0) is 19.1 Å². The zero-order valence-corrected chi connectivity index (χ0v) is 10.0. The summed E-state index contributed by atoms with van der Waals surface area (Å²) in [5.41, 5.74) is 0.578. The van der Waals surface area contributed by atoms with Crippen molar-refractivity contribution >= 4 is 17.7 Å². The molecule has 92 valence electrons. The lowest BCUT2D eigenvalue weighted by atomic mass is 10.2. The van der Waals surface area contributed by atoms with Crippen LogP contribution in [0.15, 0.2) is 12.1 Å². The number of carboxylic acids is 1. The average Bonchev–Trinajstić information content (AvgIpc) is 2.25. The molecule has 0 aromatic carbocycles. The number of carboxylic acid groups (broad SMARTS) is 1. The van der Waals surface area contributed by atoms with Gasteiger partial charge >= 0.3 is 5.97 Å². The molecule has 0 unspecified atom stereocenters. The molecule has 0 saturated carbocycles. The van der Waals surface area contributed by atoms with Gasteiger partial charge in [0.25, 0.3) is 0 Å². The summed E-state index contributed by atoms with van der Waals surface area (Å²) < 4.78 is 0. The zero-order chi connectivity index (χ0) is 13.0. The maximum atomic E-state index is 11.3. The van der Waals surface area contributed by atoms with Crippen molar-refractivity contribution in [1.82, 2.24) is 9.88 Å². The number of pyridine rings is 1. The van der Waals surface area contributed by atoms with Gasteiger partial charge in [-0.2, -0.15) is 0 Å². The first-order valence-corrected chi connectivity index (χ1v) is 5.06. The number of hydrogen-bond donors (Lipinski definition) is 2. The predicted octanol–water partition coefficient (Wildman–Crippen LogP) is 0.588. The highest BCUT2D eigenvalue weighted by atomic mass is 16.4. The number of amides is 1. The molecular weight excluding hydrogens is 222 g/mol. The first-order valence-electron chi connectivity index (χ1n) is 5.06. The second kappa shape index (κ2) is 5.29. The number of aromatic nitrogens is 1. The first kappa shape index (κ1) is 13.0. The van der Waals surface area contributed by atoms with Crippen LogP contribution in [0.1, 0.15) is 16.1 Å². The molecule has 0 aliphatic rings. The van der Waals surface area contributed by atoms with E-state index in [1.54, 1.807) is 27.1 Å². The van der Waals surface area contributed by atoms with E-state index in [-0.39, 0.29) is 18.0 Å². The van der Waals surface area contributed by atoms with E-state index in [0.29, 0.717) is 11.5 Å². The van der Waals surface area contributed by atoms with Crippen LogP contribution < -0.4 is 5.32 Å². The Balaban J connectivity index is 2.71. The van der Waals surface area contributed by atoms with Crippen molar-refractivity contribution in [3.05, 3.63) is 23.4 Å². The van der Waals surface area contributed by atoms with Crippen LogP contribution in [-0.4, -0.2) is 47.5 Å². The molecular formula is C11H15N3O3. The summed E-state index contributed by atoms with van der Waals surface area (Å²) in [6.45, 7) is 1.74. The Hall–Kier alpha value is -2.11. The zero-order valence-electron chi connectivity index (χ0n) is 10.0. The van der Waals surface area contributed by atoms with E-state index in [1.165, 1.54) is 11.0 Å². The third-order valence-electron chi connectivity index (χ3n) is 2.24. The minimum atomic E-state index is -1.01. The number of carbonyl (C=O) groups is 2. The van der Waals surface area contributed by atoms with E-state index in [1.807, 2.05) is 0 Å². The van der Waals surface area contributed by atoms with Crippen LogP contribution in [0.5, 0.6) is 0 Å². The summed E-state index contributed by atoms with van der Waals surface area (Å²) in [5.74, 6) is -0.597. The molecule has 0 saturated heterocycles. The highest BCUT2D eigenvalue weighted by Crippen LogP contribution is 2.10. The second-order valence-electron chi connectivity index (χ2n) is 3.78. The molecule has 1 amide bonds. The molecule has 0 aliphatic heterocycles. The fourth-order valence-electron chi connectivity index (χ4n) is 1.21. The van der Waals surface area contributed by atoms with Crippen LogP contribution in [0.3, 0.4) is 0 Å². The van der Waals surface area contributed by atoms with E-state index < -0.39 is 5.97 Å². The summed E-state index contributed by atoms with van der Waals surface area (Å²) in [5, 5.41) is 11.7. The lowest BCUT2D eigenvalue weighted by Gasteiger charge is -2.11. The number of nitrogens with one attached hydrogen (secondary N) is 1. The number of likely N-dealkylation sites (N-methyl/N-ethyl adjacent to an activating group) is 1. The maximum Gasteiger partial charge on any atom is 0.337 e. The number of nitrogens with zero attached hydrogens (tertiary/aromatic N) is 2. The Morgan fingerprint density at radius 1 is 1.41 bits per heavy atom. The minimum Gasteiger partial charge on any atom is -0.478 e. The van der Waals surface area contributed by atoms with Gasteiger partial charge in [-0.25, -0.2) is 9.78 Å². The summed E-state index contributed by atoms with van der Waals surface area (Å²) >= 11 is 0. The van der Waals surface area contributed by atoms with Gasteiger partial charge in [-0.3, -0.25) is 4.79 Å². The van der Waals surface area contributed by atoms with Crippen molar-refractivity contribution in [2.45, 2.75) is 6.92 Å². The standard InChI is InChI=1S/C11H15N3O3/c1-7-8(11(16)17)4-5-9(13-7)12-6-10(15)14(2)3/h4-5H,6H2,1-3H3,(H,12,13)(H,16,17). The number of rotatable bonds is 4. The van der Waals surface area contributed by atoms with Crippen molar-refractivity contribution in [2.75, 3.05) is 26.0 Å². The van der Waals surface area contributed by atoms with Crippen LogP contribution in [0.4, 0.5) is 5.82 Å². The van der Waals surface area contributed by atoms with Gasteiger partial charge in [-0.15, -0.1) is 0 Å². The fraction of sp³-hybridized carbons (Fsp3) is 0.364. The van der Waals surface area contributed by atoms with E-state index >= 15 is 0 Å². The number of hydrogen-bond acceptors (Lipinski definition) is 4. The van der Waals surface area contributed by atoms with E-state index in [9.17, 15) is 9.59 Å². The molecule has 1 aromatic rings. The highest BCUT2D eigenvalue weighted by Gasteiger charge is 2.09. The molecule has 0 bridgehead atoms. The van der Waals surface area contributed by atoms with Crippen molar-refractivity contribution in [3.8, 4) is 0 Å². The van der Waals surface area contributed by atoms with Crippen LogP contribution >= 0.6 is 0 Å². The minimum absolute atomic E-state index is 0.0771. The quantitative estimate of drug-likeness (QED) is 0.800. The first-order chi connectivity index (χ1) is 7.91. The third-order valence-corrected chi connectivity index (χ3v) is 2.24. The molecule has 0 fully saturated rings. The van der Waals surface area contributed by atoms with Crippen LogP contribution in [-0.2, 0) is 4.79 Å². The number of aryl methyl sites for hydroxylation is 1. The maximum absolute atomic E-state index is 11.3. The van der Waals surface area contributed by atoms with Crippen molar-refractivity contribution in [2.24, 2.45) is 0 Å². The Kier molecular flexibility index (Phi) is 4.03. The lowest BCUT2D eigenvalue weighted by molar-refractivity contribution is -0.126. The Bertz CT molecular complexity index is 444. The number of aromatic carboxylic acids is 1. The summed E-state index contributed by atoms with van der Waals surface area (Å²) in [7, 11) is 3.33. The smallest absolute Gasteiger partial charge is 0.337 e. The predicted molar refractivity (Wildman–Crippen MR) is 63.1 cm³/mol. The molecule has 6 nitrogen and oxygen atoms in total. The molecule has 0 aliphatic carbocycles. The third kappa shape index (κ3) is 3.44. The van der Waals surface area contributed by atoms with Crippen LogP contribution in [0.25, 0.3) is 0 Å². The Labute approximate surface area is 99.3 Å². The molecule has 1 heterocycles. The van der Waals surface area contributed by atoms with Crippen LogP contribution in [0, 0.1) is 6.92 Å². The lowest BCUT2D eigenvalue weighted by Crippen LogP contribution is -2.28. The average molecular weight is 237 g/mol. The molecule has 2 N–H and O–H groups in total. The summed E-state index contributed by atoms with van der Waals surface area (Å²) in [6.07, 6.45) is 0. The summed E-state index contributed by atoms with van der Waals surface area (Å²) in [4.78, 5) is 27.6. The molecule has 1 aromatic heterocycles. The van der Waals surface area contributed by atoms with E-state index in [0.717, 1.165) is 0 Å². The van der Waals surface area contributed by atoms with Crippen molar-refractivity contribution < 1.29 is 14.7 Å². The number of anilines is 1. The molecule has 0 radical (unpaired) electrons. The molecule has 1 rings (SSSR count). The normalized spacial score (nSPS) is 9.82.